The molecule has 0 fully saturated rings. The van der Waals surface area contributed by atoms with Gasteiger partial charge in [0.15, 0.2) is 5.16 Å². The van der Waals surface area contributed by atoms with Crippen LogP contribution in [-0.2, 0) is 4.79 Å². The first-order valence-electron chi connectivity index (χ1n) is 10.4. The van der Waals surface area contributed by atoms with Crippen molar-refractivity contribution in [3.63, 3.8) is 0 Å². The van der Waals surface area contributed by atoms with Crippen LogP contribution in [-0.4, -0.2) is 30.6 Å². The number of para-hydroxylation sites is 1. The lowest BCUT2D eigenvalue weighted by molar-refractivity contribution is -0.113. The van der Waals surface area contributed by atoms with Crippen molar-refractivity contribution >= 4 is 56.7 Å². The predicted molar refractivity (Wildman–Crippen MR) is 139 cm³/mol. The molecule has 170 valence electrons. The van der Waals surface area contributed by atoms with Crippen molar-refractivity contribution < 1.29 is 4.79 Å². The Morgan fingerprint density at radius 1 is 1.03 bits per heavy atom. The lowest BCUT2D eigenvalue weighted by atomic mass is 10.2. The van der Waals surface area contributed by atoms with Gasteiger partial charge >= 0.3 is 0 Å². The minimum atomic E-state index is -0.269. The molecule has 7 nitrogen and oxygen atoms in total. The minimum absolute atomic E-state index is 0.0635. The fourth-order valence-corrected chi connectivity index (χ4v) is 5.95. The number of hydrogen-bond donors (Lipinski definition) is 1. The molecule has 0 saturated carbocycles. The van der Waals surface area contributed by atoms with Gasteiger partial charge < -0.3 is 0 Å². The van der Waals surface area contributed by atoms with Gasteiger partial charge in [-0.3, -0.25) is 19.5 Å². The van der Waals surface area contributed by atoms with E-state index in [1.165, 1.54) is 34.6 Å². The zero-order chi connectivity index (χ0) is 23.7. The average Bonchev–Trinajstić information content (AvgIpc) is 3.43. The van der Waals surface area contributed by atoms with Gasteiger partial charge in [0.1, 0.15) is 9.84 Å². The molecule has 5 rings (SSSR count). The monoisotopic (exact) mass is 505 g/mol. The Morgan fingerprint density at radius 2 is 1.74 bits per heavy atom. The molecular weight excluding hydrogens is 486 g/mol. The molecule has 1 N–H and O–H groups in total. The molecule has 10 heteroatoms. The fraction of sp³-hybridized carbons (Fsp3) is 0.125. The Kier molecular flexibility index (Phi) is 6.27. The van der Waals surface area contributed by atoms with Crippen LogP contribution in [0.1, 0.15) is 10.4 Å². The number of thiophene rings is 1. The van der Waals surface area contributed by atoms with Crippen molar-refractivity contribution in [2.75, 3.05) is 11.1 Å². The normalized spacial score (nSPS) is 11.1. The molecule has 0 atom stereocenters. The third-order valence-electron chi connectivity index (χ3n) is 5.22. The summed E-state index contributed by atoms with van der Waals surface area (Å²) < 4.78 is 5.82. The van der Waals surface area contributed by atoms with Gasteiger partial charge in [0, 0.05) is 10.4 Å². The maximum Gasteiger partial charge on any atom is 0.267 e. The van der Waals surface area contributed by atoms with E-state index in [2.05, 4.69) is 14.7 Å². The molecule has 3 aromatic heterocycles. The highest BCUT2D eigenvalue weighted by Crippen LogP contribution is 2.30. The van der Waals surface area contributed by atoms with Crippen LogP contribution in [0.25, 0.3) is 26.5 Å². The Labute approximate surface area is 207 Å². The van der Waals surface area contributed by atoms with Crippen LogP contribution in [0, 0.1) is 13.8 Å². The molecule has 0 aliphatic heterocycles. The molecule has 0 unspecified atom stereocenters. The zero-order valence-electron chi connectivity index (χ0n) is 18.3. The molecule has 0 spiro atoms. The van der Waals surface area contributed by atoms with Crippen molar-refractivity contribution in [1.82, 2.24) is 18.9 Å². The van der Waals surface area contributed by atoms with Crippen molar-refractivity contribution in [3.05, 3.63) is 81.5 Å². The van der Waals surface area contributed by atoms with Gasteiger partial charge in [0.25, 0.3) is 5.56 Å². The molecule has 0 radical (unpaired) electrons. The summed E-state index contributed by atoms with van der Waals surface area (Å²) in [5.41, 5.74) is 2.47. The van der Waals surface area contributed by atoms with E-state index in [9.17, 15) is 9.59 Å². The number of fused-ring (bicyclic) bond motifs is 1. The number of thioether (sulfide) groups is 1. The molecule has 0 saturated heterocycles. The molecule has 2 aromatic carbocycles. The van der Waals surface area contributed by atoms with Gasteiger partial charge in [-0.05, 0) is 43.1 Å². The number of carbonyl (C=O) groups is 1. The van der Waals surface area contributed by atoms with Gasteiger partial charge in [0.2, 0.25) is 11.9 Å². The Balaban J connectivity index is 1.40. The largest absolute Gasteiger partial charge is 0.293 e. The van der Waals surface area contributed by atoms with Gasteiger partial charge in [-0.2, -0.15) is 9.36 Å². The Bertz CT molecular complexity index is 1540. The van der Waals surface area contributed by atoms with Crippen LogP contribution in [0.15, 0.2) is 70.6 Å². The second-order valence-electron chi connectivity index (χ2n) is 7.46. The Morgan fingerprint density at radius 3 is 2.47 bits per heavy atom. The van der Waals surface area contributed by atoms with Gasteiger partial charge in [0.05, 0.1) is 16.8 Å². The lowest BCUT2D eigenvalue weighted by Gasteiger charge is -2.12. The maximum absolute atomic E-state index is 13.5. The van der Waals surface area contributed by atoms with E-state index in [4.69, 9.17) is 4.98 Å². The molecule has 5 aromatic rings. The summed E-state index contributed by atoms with van der Waals surface area (Å²) in [7, 11) is 0. The summed E-state index contributed by atoms with van der Waals surface area (Å²) in [5, 5.41) is 4.57. The number of nitrogens with one attached hydrogen (secondary N) is 1. The van der Waals surface area contributed by atoms with Gasteiger partial charge in [-0.15, -0.1) is 11.3 Å². The van der Waals surface area contributed by atoms with Crippen LogP contribution in [0.2, 0.25) is 0 Å². The molecule has 0 aliphatic rings. The number of anilines is 1. The van der Waals surface area contributed by atoms with Crippen molar-refractivity contribution in [2.45, 2.75) is 19.0 Å². The van der Waals surface area contributed by atoms with E-state index in [0.29, 0.717) is 21.1 Å². The number of aryl methyl sites for hydroxylation is 2. The summed E-state index contributed by atoms with van der Waals surface area (Å²) in [6.45, 7) is 3.93. The van der Waals surface area contributed by atoms with Crippen LogP contribution in [0.4, 0.5) is 5.95 Å². The number of carbonyl (C=O) groups excluding carboxylic acids is 1. The number of aromatic nitrogens is 4. The van der Waals surface area contributed by atoms with E-state index >= 15 is 0 Å². The average molecular weight is 506 g/mol. The summed E-state index contributed by atoms with van der Waals surface area (Å²) in [5.74, 6) is 0.0614. The highest BCUT2D eigenvalue weighted by Gasteiger charge is 2.19. The summed E-state index contributed by atoms with van der Waals surface area (Å²) in [6, 6.07) is 19.0. The first kappa shape index (κ1) is 22.5. The van der Waals surface area contributed by atoms with Crippen LogP contribution < -0.4 is 10.9 Å². The highest BCUT2D eigenvalue weighted by molar-refractivity contribution is 7.99. The van der Waals surface area contributed by atoms with Crippen LogP contribution in [0.5, 0.6) is 0 Å². The third kappa shape index (κ3) is 4.39. The quantitative estimate of drug-likeness (QED) is 0.248. The molecule has 1 amide bonds. The lowest BCUT2D eigenvalue weighted by Crippen LogP contribution is -2.23. The minimum Gasteiger partial charge on any atom is -0.293 e. The highest BCUT2D eigenvalue weighted by atomic mass is 32.2. The number of hydrogen-bond acceptors (Lipinski definition) is 8. The summed E-state index contributed by atoms with van der Waals surface area (Å²) >= 11 is 3.93. The molecule has 34 heavy (non-hydrogen) atoms. The standard InChI is InChI=1S/C24H19N5O2S3/c1-14-15(2)33-21-19(14)22(31)29(17-11-7-4-8-12-17)24(27-21)32-13-18(30)25-23-26-20(34-28-23)16-9-5-3-6-10-16/h3-12H,13H2,1-2H3,(H,25,28,30). The van der Waals surface area contributed by atoms with Crippen LogP contribution >= 0.6 is 34.6 Å². The van der Waals surface area contributed by atoms with Crippen molar-refractivity contribution in [1.29, 1.82) is 0 Å². The van der Waals surface area contributed by atoms with E-state index in [1.807, 2.05) is 74.5 Å². The SMILES string of the molecule is Cc1sc2nc(SCC(=O)Nc3nsc(-c4ccccc4)n3)n(-c3ccccc3)c(=O)c2c1C. The maximum atomic E-state index is 13.5. The summed E-state index contributed by atoms with van der Waals surface area (Å²) in [4.78, 5) is 37.0. The van der Waals surface area contributed by atoms with Crippen molar-refractivity contribution in [2.24, 2.45) is 0 Å². The van der Waals surface area contributed by atoms with E-state index in [-0.39, 0.29) is 23.2 Å². The van der Waals surface area contributed by atoms with Gasteiger partial charge in [-0.25, -0.2) is 4.98 Å². The second kappa shape index (κ2) is 9.49. The first-order chi connectivity index (χ1) is 16.5. The topological polar surface area (TPSA) is 89.8 Å². The van der Waals surface area contributed by atoms with E-state index in [1.54, 1.807) is 4.57 Å². The Hall–Kier alpha value is -3.34. The molecule has 0 bridgehead atoms. The third-order valence-corrected chi connectivity index (χ3v) is 8.02. The molecule has 0 aliphatic carbocycles. The van der Waals surface area contributed by atoms with Crippen LogP contribution in [0.3, 0.4) is 0 Å². The predicted octanol–water partition coefficient (Wildman–Crippen LogP) is 5.31. The number of nitrogens with zero attached hydrogens (tertiary/aromatic N) is 4. The van der Waals surface area contributed by atoms with Gasteiger partial charge in [-0.1, -0.05) is 60.3 Å². The molecule has 3 heterocycles. The number of amides is 1. The molecular formula is C24H19N5O2S3. The smallest absolute Gasteiger partial charge is 0.267 e. The summed E-state index contributed by atoms with van der Waals surface area (Å²) in [6.07, 6.45) is 0. The van der Waals surface area contributed by atoms with E-state index < -0.39 is 0 Å². The van der Waals surface area contributed by atoms with Crippen molar-refractivity contribution in [3.8, 4) is 16.3 Å². The van der Waals surface area contributed by atoms with E-state index in [0.717, 1.165) is 21.0 Å². The first-order valence-corrected chi connectivity index (χ1v) is 13.0. The number of rotatable bonds is 6. The zero-order valence-corrected chi connectivity index (χ0v) is 20.8. The number of benzene rings is 2. The second-order valence-corrected chi connectivity index (χ2v) is 10.4. The fourth-order valence-electron chi connectivity index (χ4n) is 3.44.